The number of nitrogens with one attached hydrogen (secondary N) is 1. The quantitative estimate of drug-likeness (QED) is 0.332. The van der Waals surface area contributed by atoms with E-state index < -0.39 is 30.4 Å². The van der Waals surface area contributed by atoms with Crippen molar-refractivity contribution < 1.29 is 27.2 Å². The third-order valence-corrected chi connectivity index (χ3v) is 6.02. The number of primary sulfonamides is 1. The largest absolute Gasteiger partial charge is 0.326 e. The van der Waals surface area contributed by atoms with Crippen molar-refractivity contribution in [3.8, 4) is 16.9 Å². The highest BCUT2D eigenvalue weighted by Crippen LogP contribution is 2.26. The first-order chi connectivity index (χ1) is 15.1. The van der Waals surface area contributed by atoms with Gasteiger partial charge in [0.1, 0.15) is 6.23 Å². The van der Waals surface area contributed by atoms with Gasteiger partial charge in [0.25, 0.3) is 5.91 Å². The van der Waals surface area contributed by atoms with Crippen molar-refractivity contribution in [2.75, 3.05) is 0 Å². The Morgan fingerprint density at radius 1 is 1.22 bits per heavy atom. The van der Waals surface area contributed by atoms with Crippen molar-refractivity contribution in [2.45, 2.75) is 31.4 Å². The van der Waals surface area contributed by atoms with Gasteiger partial charge in [-0.1, -0.05) is 36.8 Å². The van der Waals surface area contributed by atoms with E-state index in [1.807, 2.05) is 31.2 Å². The molecule has 0 saturated heterocycles. The molecule has 0 saturated carbocycles. The molecular weight excluding hydrogens is 455 g/mol. The highest BCUT2D eigenvalue weighted by atomic mass is 32.2. The van der Waals surface area contributed by atoms with Crippen LogP contribution in [0.4, 0.5) is 0 Å². The zero-order chi connectivity index (χ0) is 23.5. The third kappa shape index (κ3) is 5.70. The molecule has 10 nitrogen and oxygen atoms in total. The third-order valence-electron chi connectivity index (χ3n) is 4.61. The van der Waals surface area contributed by atoms with E-state index in [-0.39, 0.29) is 17.0 Å². The number of aromatic nitrogens is 2. The van der Waals surface area contributed by atoms with Crippen molar-refractivity contribution in [1.82, 2.24) is 15.1 Å². The van der Waals surface area contributed by atoms with E-state index in [0.29, 0.717) is 11.4 Å². The van der Waals surface area contributed by atoms with Crippen molar-refractivity contribution in [3.05, 3.63) is 65.9 Å². The Hall–Kier alpha value is -2.82. The van der Waals surface area contributed by atoms with E-state index in [1.54, 1.807) is 13.0 Å². The molecule has 1 amide bonds. The van der Waals surface area contributed by atoms with Crippen LogP contribution in [0.5, 0.6) is 0 Å². The molecule has 0 radical (unpaired) electrons. The summed E-state index contributed by atoms with van der Waals surface area (Å²) in [5.74, 6) is -0.589. The first kappa shape index (κ1) is 23.8. The van der Waals surface area contributed by atoms with E-state index >= 15 is 0 Å². The van der Waals surface area contributed by atoms with Gasteiger partial charge in [0.05, 0.1) is 16.3 Å². The summed E-state index contributed by atoms with van der Waals surface area (Å²) >= 11 is 0. The van der Waals surface area contributed by atoms with Crippen LogP contribution in [-0.4, -0.2) is 35.2 Å². The molecule has 3 rings (SSSR count). The molecule has 2 aromatic carbocycles. The molecule has 4 N–H and O–H groups in total. The van der Waals surface area contributed by atoms with Gasteiger partial charge >= 0.3 is 8.25 Å². The Labute approximate surface area is 186 Å². The van der Waals surface area contributed by atoms with Gasteiger partial charge in [-0.2, -0.15) is 5.10 Å². The first-order valence-corrected chi connectivity index (χ1v) is 12.4. The Morgan fingerprint density at radius 3 is 2.38 bits per heavy atom. The molecule has 0 bridgehead atoms. The minimum atomic E-state index is -3.85. The van der Waals surface area contributed by atoms with E-state index in [9.17, 15) is 17.8 Å². The summed E-state index contributed by atoms with van der Waals surface area (Å²) < 4.78 is 40.4. The number of sulfonamides is 1. The fourth-order valence-electron chi connectivity index (χ4n) is 2.95. The molecule has 0 aliphatic rings. The summed E-state index contributed by atoms with van der Waals surface area (Å²) in [7, 11) is -7.08. The molecule has 2 unspecified atom stereocenters. The second-order valence-electron chi connectivity index (χ2n) is 6.99. The number of carbonyl (C=O) groups excluding carboxylic acids is 1. The highest BCUT2D eigenvalue weighted by molar-refractivity contribution is 7.89. The Bertz CT molecular complexity index is 1240. The number of hydrogen-bond donors (Lipinski definition) is 3. The first-order valence-electron chi connectivity index (χ1n) is 9.59. The minimum Gasteiger partial charge on any atom is -0.326 e. The van der Waals surface area contributed by atoms with Gasteiger partial charge in [-0.05, 0) is 43.7 Å². The predicted molar refractivity (Wildman–Crippen MR) is 119 cm³/mol. The maximum Gasteiger partial charge on any atom is 0.318 e. The fraction of sp³-hybridized carbons (Fsp3) is 0.200. The van der Waals surface area contributed by atoms with Crippen LogP contribution in [-0.2, 0) is 19.1 Å². The number of amides is 1. The molecule has 12 heteroatoms. The molecule has 0 aliphatic heterocycles. The van der Waals surface area contributed by atoms with Crippen molar-refractivity contribution in [3.63, 3.8) is 0 Å². The zero-order valence-corrected chi connectivity index (χ0v) is 19.2. The van der Waals surface area contributed by atoms with Gasteiger partial charge in [-0.15, -0.1) is 0 Å². The number of hydrogen-bond acceptors (Lipinski definition) is 6. The van der Waals surface area contributed by atoms with Crippen LogP contribution >= 0.6 is 8.25 Å². The molecule has 0 aliphatic carbocycles. The Morgan fingerprint density at radius 2 is 1.84 bits per heavy atom. The smallest absolute Gasteiger partial charge is 0.318 e. The van der Waals surface area contributed by atoms with Crippen LogP contribution in [0, 0.1) is 6.92 Å². The van der Waals surface area contributed by atoms with Crippen LogP contribution < -0.4 is 10.5 Å². The number of aryl methyl sites for hydroxylation is 1. The van der Waals surface area contributed by atoms with Crippen molar-refractivity contribution >= 4 is 24.2 Å². The Kier molecular flexibility index (Phi) is 7.27. The summed E-state index contributed by atoms with van der Waals surface area (Å²) in [6, 6.07) is 14.9. The molecule has 1 heterocycles. The molecule has 3 aromatic rings. The monoisotopic (exact) mass is 478 g/mol. The fourth-order valence-corrected chi connectivity index (χ4v) is 3.94. The van der Waals surface area contributed by atoms with Crippen LogP contribution in [0.1, 0.15) is 29.4 Å². The van der Waals surface area contributed by atoms with E-state index in [1.165, 1.54) is 28.9 Å². The lowest BCUT2D eigenvalue weighted by Gasteiger charge is -2.14. The molecule has 0 fully saturated rings. The second kappa shape index (κ2) is 9.76. The summed E-state index contributed by atoms with van der Waals surface area (Å²) in [5, 5.41) is 12.1. The van der Waals surface area contributed by atoms with Gasteiger partial charge < -0.3 is 10.2 Å². The predicted octanol–water partition coefficient (Wildman–Crippen LogP) is 2.36. The van der Waals surface area contributed by atoms with E-state index in [0.717, 1.165) is 11.1 Å². The van der Waals surface area contributed by atoms with Gasteiger partial charge in [-0.3, -0.25) is 13.9 Å². The summed E-state index contributed by atoms with van der Waals surface area (Å²) in [6.07, 6.45) is -0.663. The lowest BCUT2D eigenvalue weighted by atomic mass is 10.1. The standard InChI is InChI=1S/C20H23N4O6PS/c1-3-19(30-31(26)27)22-20(25)17-12-18(14-6-4-13(2)5-7-14)24(23-17)15-8-10-16(11-9-15)32(21,28)29/h4-12,19,31H,3H2,1-2H3,(H,22,25)(H,26,27)(H2,21,28,29). The zero-order valence-electron chi connectivity index (χ0n) is 17.3. The summed E-state index contributed by atoms with van der Waals surface area (Å²) in [4.78, 5) is 21.7. The van der Waals surface area contributed by atoms with Crippen LogP contribution in [0.25, 0.3) is 16.9 Å². The topological polar surface area (TPSA) is 154 Å². The maximum atomic E-state index is 12.7. The average Bonchev–Trinajstić information content (AvgIpc) is 3.18. The van der Waals surface area contributed by atoms with Gasteiger partial charge in [0.2, 0.25) is 10.0 Å². The molecule has 0 spiro atoms. The number of benzene rings is 2. The normalized spacial score (nSPS) is 13.5. The molecular formula is C20H23N4O6PS. The average molecular weight is 478 g/mol. The number of nitrogens with zero attached hydrogens (tertiary/aromatic N) is 2. The van der Waals surface area contributed by atoms with Crippen molar-refractivity contribution in [2.24, 2.45) is 5.14 Å². The second-order valence-corrected chi connectivity index (χ2v) is 9.31. The SMILES string of the molecule is CCC(NC(=O)c1cc(-c2ccc(C)cc2)n(-c2ccc(S(N)(=O)=O)cc2)n1)O[PH](=O)O. The van der Waals surface area contributed by atoms with Crippen LogP contribution in [0.3, 0.4) is 0 Å². The number of carbonyl (C=O) groups is 1. The number of rotatable bonds is 8. The molecule has 170 valence electrons. The Balaban J connectivity index is 2.03. The highest BCUT2D eigenvalue weighted by Gasteiger charge is 2.20. The lowest BCUT2D eigenvalue weighted by Crippen LogP contribution is -2.35. The summed E-state index contributed by atoms with van der Waals surface area (Å²) in [5.41, 5.74) is 2.98. The molecule has 2 atom stereocenters. The van der Waals surface area contributed by atoms with Gasteiger partial charge in [-0.25, -0.2) is 18.2 Å². The van der Waals surface area contributed by atoms with Gasteiger partial charge in [0.15, 0.2) is 5.69 Å². The lowest BCUT2D eigenvalue weighted by molar-refractivity contribution is 0.0812. The number of nitrogens with two attached hydrogens (primary N) is 1. The van der Waals surface area contributed by atoms with E-state index in [2.05, 4.69) is 10.4 Å². The minimum absolute atomic E-state index is 0.0505. The van der Waals surface area contributed by atoms with E-state index in [4.69, 9.17) is 14.6 Å². The molecule has 32 heavy (non-hydrogen) atoms. The van der Waals surface area contributed by atoms with Crippen LogP contribution in [0.2, 0.25) is 0 Å². The van der Waals surface area contributed by atoms with Crippen LogP contribution in [0.15, 0.2) is 59.5 Å². The summed E-state index contributed by atoms with van der Waals surface area (Å²) in [6.45, 7) is 3.64. The van der Waals surface area contributed by atoms with Gasteiger partial charge in [0, 0.05) is 5.56 Å². The maximum absolute atomic E-state index is 12.7. The molecule has 1 aromatic heterocycles. The van der Waals surface area contributed by atoms with Crippen molar-refractivity contribution in [1.29, 1.82) is 0 Å².